The SMILES string of the molecule is CS(=O)(=O)N1CCN(C(=O)C2C3CCC(C3)C2N)CC1. The van der Waals surface area contributed by atoms with Crippen molar-refractivity contribution in [3.8, 4) is 0 Å². The molecule has 0 aromatic rings. The maximum Gasteiger partial charge on any atom is 0.227 e. The second-order valence-electron chi connectivity index (χ2n) is 6.42. The Bertz CT molecular complexity index is 497. The zero-order valence-electron chi connectivity index (χ0n) is 11.9. The highest BCUT2D eigenvalue weighted by Crippen LogP contribution is 2.48. The molecule has 2 bridgehead atoms. The number of carbonyl (C=O) groups excluding carboxylic acids is 1. The van der Waals surface area contributed by atoms with Crippen molar-refractivity contribution >= 4 is 15.9 Å². The van der Waals surface area contributed by atoms with Crippen LogP contribution in [0.1, 0.15) is 19.3 Å². The van der Waals surface area contributed by atoms with Crippen LogP contribution >= 0.6 is 0 Å². The molecule has 2 aliphatic carbocycles. The fraction of sp³-hybridized carbons (Fsp3) is 0.923. The van der Waals surface area contributed by atoms with Gasteiger partial charge in [0.1, 0.15) is 0 Å². The molecule has 6 nitrogen and oxygen atoms in total. The van der Waals surface area contributed by atoms with Gasteiger partial charge in [-0.2, -0.15) is 4.31 Å². The van der Waals surface area contributed by atoms with Gasteiger partial charge in [0, 0.05) is 32.2 Å². The molecule has 4 atom stereocenters. The van der Waals surface area contributed by atoms with Crippen molar-refractivity contribution in [2.24, 2.45) is 23.5 Å². The van der Waals surface area contributed by atoms with Crippen LogP contribution in [0.5, 0.6) is 0 Å². The lowest BCUT2D eigenvalue weighted by molar-refractivity contribution is -0.139. The molecule has 1 aliphatic heterocycles. The summed E-state index contributed by atoms with van der Waals surface area (Å²) in [6.07, 6.45) is 4.60. The molecule has 0 aromatic carbocycles. The van der Waals surface area contributed by atoms with Crippen molar-refractivity contribution < 1.29 is 13.2 Å². The standard InChI is InChI=1S/C13H23N3O3S/c1-20(18,19)16-6-4-15(5-7-16)13(17)11-9-2-3-10(8-9)12(11)14/h9-12H,2-8,14H2,1H3. The van der Waals surface area contributed by atoms with E-state index < -0.39 is 10.0 Å². The molecule has 0 spiro atoms. The van der Waals surface area contributed by atoms with E-state index in [1.807, 2.05) is 4.90 Å². The largest absolute Gasteiger partial charge is 0.340 e. The third kappa shape index (κ3) is 2.35. The van der Waals surface area contributed by atoms with Crippen molar-refractivity contribution in [3.05, 3.63) is 0 Å². The van der Waals surface area contributed by atoms with Crippen LogP contribution in [0, 0.1) is 17.8 Å². The molecule has 3 rings (SSSR count). The molecule has 2 saturated carbocycles. The fourth-order valence-corrected chi connectivity index (χ4v) is 4.98. The van der Waals surface area contributed by atoms with Gasteiger partial charge in [0.05, 0.1) is 12.2 Å². The van der Waals surface area contributed by atoms with E-state index in [-0.39, 0.29) is 17.9 Å². The van der Waals surface area contributed by atoms with Gasteiger partial charge in [-0.15, -0.1) is 0 Å². The summed E-state index contributed by atoms with van der Waals surface area (Å²) in [5.74, 6) is 1.10. The summed E-state index contributed by atoms with van der Waals surface area (Å²) < 4.78 is 24.4. The van der Waals surface area contributed by atoms with Crippen LogP contribution in [0.3, 0.4) is 0 Å². The second kappa shape index (κ2) is 4.96. The van der Waals surface area contributed by atoms with Gasteiger partial charge in [-0.25, -0.2) is 8.42 Å². The Labute approximate surface area is 120 Å². The summed E-state index contributed by atoms with van der Waals surface area (Å²) in [5, 5.41) is 0. The molecule has 0 aromatic heterocycles. The van der Waals surface area contributed by atoms with Crippen LogP contribution in [0.15, 0.2) is 0 Å². The van der Waals surface area contributed by atoms with Gasteiger partial charge in [-0.1, -0.05) is 0 Å². The number of hydrogen-bond donors (Lipinski definition) is 1. The van der Waals surface area contributed by atoms with E-state index in [0.29, 0.717) is 38.0 Å². The Morgan fingerprint density at radius 1 is 1.10 bits per heavy atom. The van der Waals surface area contributed by atoms with Gasteiger partial charge in [-0.05, 0) is 31.1 Å². The number of fused-ring (bicyclic) bond motifs is 2. The molecule has 0 radical (unpaired) electrons. The summed E-state index contributed by atoms with van der Waals surface area (Å²) in [5.41, 5.74) is 6.21. The predicted molar refractivity (Wildman–Crippen MR) is 75.3 cm³/mol. The van der Waals surface area contributed by atoms with Crippen LogP contribution in [0.2, 0.25) is 0 Å². The average molecular weight is 301 g/mol. The first-order chi connectivity index (χ1) is 9.38. The number of piperazine rings is 1. The molecule has 4 unspecified atom stereocenters. The molecule has 114 valence electrons. The summed E-state index contributed by atoms with van der Waals surface area (Å²) in [4.78, 5) is 14.4. The molecule has 1 amide bonds. The summed E-state index contributed by atoms with van der Waals surface area (Å²) in [7, 11) is -3.14. The van der Waals surface area contributed by atoms with E-state index in [2.05, 4.69) is 0 Å². The van der Waals surface area contributed by atoms with Gasteiger partial charge in [-0.3, -0.25) is 4.79 Å². The lowest BCUT2D eigenvalue weighted by Gasteiger charge is -2.37. The number of rotatable bonds is 2. The van der Waals surface area contributed by atoms with Crippen LogP contribution in [0.4, 0.5) is 0 Å². The minimum atomic E-state index is -3.14. The molecule has 3 aliphatic rings. The summed E-state index contributed by atoms with van der Waals surface area (Å²) >= 11 is 0. The zero-order valence-corrected chi connectivity index (χ0v) is 12.7. The molecule has 1 saturated heterocycles. The van der Waals surface area contributed by atoms with Gasteiger partial charge in [0.25, 0.3) is 0 Å². The molecular weight excluding hydrogens is 278 g/mol. The molecule has 3 fully saturated rings. The Hall–Kier alpha value is -0.660. The van der Waals surface area contributed by atoms with Crippen LogP contribution in [-0.2, 0) is 14.8 Å². The van der Waals surface area contributed by atoms with E-state index in [9.17, 15) is 13.2 Å². The third-order valence-electron chi connectivity index (χ3n) is 5.29. The summed E-state index contributed by atoms with van der Waals surface area (Å²) in [6.45, 7) is 1.79. The average Bonchev–Trinajstić information content (AvgIpc) is 2.98. The lowest BCUT2D eigenvalue weighted by Crippen LogP contribution is -2.54. The normalized spacial score (nSPS) is 38.4. The number of carbonyl (C=O) groups is 1. The highest BCUT2D eigenvalue weighted by atomic mass is 32.2. The minimum absolute atomic E-state index is 0.00851. The lowest BCUT2D eigenvalue weighted by atomic mass is 9.84. The maximum absolute atomic E-state index is 12.6. The van der Waals surface area contributed by atoms with Crippen molar-refractivity contribution in [2.75, 3.05) is 32.4 Å². The van der Waals surface area contributed by atoms with Gasteiger partial charge >= 0.3 is 0 Å². The summed E-state index contributed by atoms with van der Waals surface area (Å²) in [6, 6.07) is 0.00851. The van der Waals surface area contributed by atoms with E-state index >= 15 is 0 Å². The van der Waals surface area contributed by atoms with Gasteiger partial charge in [0.2, 0.25) is 15.9 Å². The Kier molecular flexibility index (Phi) is 3.54. The maximum atomic E-state index is 12.6. The topological polar surface area (TPSA) is 83.7 Å². The second-order valence-corrected chi connectivity index (χ2v) is 8.41. The molecule has 7 heteroatoms. The van der Waals surface area contributed by atoms with Crippen molar-refractivity contribution in [1.29, 1.82) is 0 Å². The van der Waals surface area contributed by atoms with E-state index in [1.54, 1.807) is 0 Å². The van der Waals surface area contributed by atoms with Gasteiger partial charge < -0.3 is 10.6 Å². The first-order valence-corrected chi connectivity index (χ1v) is 9.22. The number of hydrogen-bond acceptors (Lipinski definition) is 4. The minimum Gasteiger partial charge on any atom is -0.340 e. The Balaban J connectivity index is 1.63. The van der Waals surface area contributed by atoms with Gasteiger partial charge in [0.15, 0.2) is 0 Å². The smallest absolute Gasteiger partial charge is 0.227 e. The Morgan fingerprint density at radius 2 is 1.70 bits per heavy atom. The first kappa shape index (κ1) is 14.3. The van der Waals surface area contributed by atoms with E-state index in [4.69, 9.17) is 5.73 Å². The number of nitrogens with two attached hydrogens (primary N) is 1. The predicted octanol–water partition coefficient (Wildman–Crippen LogP) is -0.536. The quantitative estimate of drug-likeness (QED) is 0.743. The van der Waals surface area contributed by atoms with E-state index in [0.717, 1.165) is 19.3 Å². The monoisotopic (exact) mass is 301 g/mol. The van der Waals surface area contributed by atoms with Crippen LogP contribution in [0.25, 0.3) is 0 Å². The number of sulfonamides is 1. The van der Waals surface area contributed by atoms with Crippen molar-refractivity contribution in [3.63, 3.8) is 0 Å². The molecule has 20 heavy (non-hydrogen) atoms. The first-order valence-electron chi connectivity index (χ1n) is 7.37. The Morgan fingerprint density at radius 3 is 2.20 bits per heavy atom. The van der Waals surface area contributed by atoms with E-state index in [1.165, 1.54) is 10.6 Å². The fourth-order valence-electron chi connectivity index (χ4n) is 4.15. The molecular formula is C13H23N3O3S. The third-order valence-corrected chi connectivity index (χ3v) is 6.59. The number of nitrogens with zero attached hydrogens (tertiary/aromatic N) is 2. The van der Waals surface area contributed by atoms with Crippen molar-refractivity contribution in [1.82, 2.24) is 9.21 Å². The highest BCUT2D eigenvalue weighted by molar-refractivity contribution is 7.88. The highest BCUT2D eigenvalue weighted by Gasteiger charge is 2.50. The van der Waals surface area contributed by atoms with Crippen LogP contribution < -0.4 is 5.73 Å². The van der Waals surface area contributed by atoms with Crippen LogP contribution in [-0.4, -0.2) is 62.0 Å². The molecule has 1 heterocycles. The number of amides is 1. The molecule has 2 N–H and O–H groups in total. The zero-order chi connectivity index (χ0) is 14.5. The van der Waals surface area contributed by atoms with Crippen molar-refractivity contribution in [2.45, 2.75) is 25.3 Å².